The number of hydrogen-bond donors (Lipinski definition) is 3. The molecule has 0 saturated heterocycles. The molecule has 21 heavy (non-hydrogen) atoms. The number of aliphatic hydroxyl groups is 1. The third kappa shape index (κ3) is 4.70. The lowest BCUT2D eigenvalue weighted by Gasteiger charge is -2.21. The molecule has 7 nitrogen and oxygen atoms in total. The van der Waals surface area contributed by atoms with Crippen LogP contribution in [0.1, 0.15) is 45.4 Å². The van der Waals surface area contributed by atoms with Gasteiger partial charge in [0.2, 0.25) is 11.9 Å². The Morgan fingerprint density at radius 3 is 2.67 bits per heavy atom. The largest absolute Gasteiger partial charge is 0.463 e. The number of ether oxygens (including phenoxy) is 1. The van der Waals surface area contributed by atoms with Crippen LogP contribution in [-0.4, -0.2) is 45.9 Å². The van der Waals surface area contributed by atoms with E-state index in [1.54, 1.807) is 7.05 Å². The van der Waals surface area contributed by atoms with Crippen molar-refractivity contribution in [3.63, 3.8) is 0 Å². The SMILES string of the molecule is CCCOc1nc(NC)nc(NC2CCCCCC2O)n1. The van der Waals surface area contributed by atoms with Crippen LogP contribution in [-0.2, 0) is 0 Å². The maximum Gasteiger partial charge on any atom is 0.323 e. The van der Waals surface area contributed by atoms with Crippen molar-refractivity contribution in [2.24, 2.45) is 0 Å². The zero-order valence-electron chi connectivity index (χ0n) is 12.8. The Morgan fingerprint density at radius 1 is 1.14 bits per heavy atom. The van der Waals surface area contributed by atoms with Gasteiger partial charge in [-0.3, -0.25) is 0 Å². The van der Waals surface area contributed by atoms with Crippen molar-refractivity contribution < 1.29 is 9.84 Å². The third-order valence-electron chi connectivity index (χ3n) is 3.57. The van der Waals surface area contributed by atoms with Crippen LogP contribution in [0.3, 0.4) is 0 Å². The molecule has 2 unspecified atom stereocenters. The second-order valence-electron chi connectivity index (χ2n) is 5.32. The van der Waals surface area contributed by atoms with Gasteiger partial charge >= 0.3 is 6.01 Å². The topological polar surface area (TPSA) is 92.2 Å². The first-order valence-corrected chi connectivity index (χ1v) is 7.74. The number of nitrogens with zero attached hydrogens (tertiary/aromatic N) is 3. The normalized spacial score (nSPS) is 22.4. The van der Waals surface area contributed by atoms with Crippen LogP contribution in [0, 0.1) is 0 Å². The highest BCUT2D eigenvalue weighted by atomic mass is 16.5. The first-order chi connectivity index (χ1) is 10.2. The summed E-state index contributed by atoms with van der Waals surface area (Å²) in [7, 11) is 1.75. The van der Waals surface area contributed by atoms with Gasteiger partial charge in [0.15, 0.2) is 0 Å². The quantitative estimate of drug-likeness (QED) is 0.689. The number of hydrogen-bond acceptors (Lipinski definition) is 7. The lowest BCUT2D eigenvalue weighted by atomic mass is 10.1. The molecule has 1 aromatic heterocycles. The Hall–Kier alpha value is -1.63. The zero-order valence-corrected chi connectivity index (χ0v) is 12.8. The number of nitrogens with one attached hydrogen (secondary N) is 2. The highest BCUT2D eigenvalue weighted by molar-refractivity contribution is 5.36. The van der Waals surface area contributed by atoms with Crippen molar-refractivity contribution in [1.82, 2.24) is 15.0 Å². The molecule has 0 aromatic carbocycles. The summed E-state index contributed by atoms with van der Waals surface area (Å²) in [4.78, 5) is 12.7. The van der Waals surface area contributed by atoms with E-state index in [1.807, 2.05) is 6.92 Å². The fraction of sp³-hybridized carbons (Fsp3) is 0.786. The van der Waals surface area contributed by atoms with Gasteiger partial charge in [-0.25, -0.2) is 0 Å². The molecule has 1 aliphatic carbocycles. The first kappa shape index (κ1) is 15.8. The lowest BCUT2D eigenvalue weighted by Crippen LogP contribution is -2.33. The summed E-state index contributed by atoms with van der Waals surface area (Å²) >= 11 is 0. The van der Waals surface area contributed by atoms with Gasteiger partial charge in [-0.2, -0.15) is 15.0 Å². The van der Waals surface area contributed by atoms with Gasteiger partial charge in [-0.1, -0.05) is 26.2 Å². The van der Waals surface area contributed by atoms with E-state index in [9.17, 15) is 5.11 Å². The van der Waals surface area contributed by atoms with Crippen molar-refractivity contribution in [3.8, 4) is 6.01 Å². The molecule has 1 heterocycles. The molecule has 1 saturated carbocycles. The van der Waals surface area contributed by atoms with E-state index in [0.29, 0.717) is 24.5 Å². The monoisotopic (exact) mass is 295 g/mol. The molecule has 0 aliphatic heterocycles. The van der Waals surface area contributed by atoms with E-state index in [4.69, 9.17) is 4.74 Å². The van der Waals surface area contributed by atoms with Gasteiger partial charge in [0.1, 0.15) is 0 Å². The molecule has 7 heteroatoms. The van der Waals surface area contributed by atoms with Gasteiger partial charge < -0.3 is 20.5 Å². The second-order valence-corrected chi connectivity index (χ2v) is 5.32. The zero-order chi connectivity index (χ0) is 15.1. The minimum Gasteiger partial charge on any atom is -0.463 e. The summed E-state index contributed by atoms with van der Waals surface area (Å²) in [5.41, 5.74) is 0. The highest BCUT2D eigenvalue weighted by Crippen LogP contribution is 2.21. The van der Waals surface area contributed by atoms with Crippen molar-refractivity contribution in [2.45, 2.75) is 57.6 Å². The van der Waals surface area contributed by atoms with E-state index in [0.717, 1.165) is 32.1 Å². The minimum absolute atomic E-state index is 0.0152. The van der Waals surface area contributed by atoms with Crippen molar-refractivity contribution in [3.05, 3.63) is 0 Å². The molecular weight excluding hydrogens is 270 g/mol. The van der Waals surface area contributed by atoms with Gasteiger partial charge in [-0.15, -0.1) is 0 Å². The van der Waals surface area contributed by atoms with Crippen LogP contribution in [0.2, 0.25) is 0 Å². The molecule has 0 radical (unpaired) electrons. The highest BCUT2D eigenvalue weighted by Gasteiger charge is 2.22. The van der Waals surface area contributed by atoms with Crippen LogP contribution >= 0.6 is 0 Å². The molecule has 118 valence electrons. The standard InChI is InChI=1S/C14H25N5O2/c1-3-9-21-14-18-12(15-2)17-13(19-14)16-10-7-5-4-6-8-11(10)20/h10-11,20H,3-9H2,1-2H3,(H2,15,16,17,18,19). The molecule has 1 fully saturated rings. The summed E-state index contributed by atoms with van der Waals surface area (Å²) in [6.07, 6.45) is 5.63. The van der Waals surface area contributed by atoms with Crippen molar-refractivity contribution in [1.29, 1.82) is 0 Å². The summed E-state index contributed by atoms with van der Waals surface area (Å²) in [6.45, 7) is 2.60. The number of aliphatic hydroxyl groups excluding tert-OH is 1. The molecule has 3 N–H and O–H groups in total. The fourth-order valence-electron chi connectivity index (χ4n) is 2.41. The molecule has 1 aliphatic rings. The Morgan fingerprint density at radius 2 is 1.90 bits per heavy atom. The summed E-state index contributed by atoms with van der Waals surface area (Å²) < 4.78 is 5.47. The van der Waals surface area contributed by atoms with Gasteiger partial charge in [0.05, 0.1) is 18.8 Å². The summed E-state index contributed by atoms with van der Waals surface area (Å²) in [5, 5.41) is 16.3. The smallest absolute Gasteiger partial charge is 0.323 e. The van der Waals surface area contributed by atoms with Crippen molar-refractivity contribution in [2.75, 3.05) is 24.3 Å². The summed E-state index contributed by atoms with van der Waals surface area (Å²) in [6, 6.07) is 0.292. The van der Waals surface area contributed by atoms with E-state index >= 15 is 0 Å². The van der Waals surface area contributed by atoms with Gasteiger partial charge in [-0.05, 0) is 19.3 Å². The predicted molar refractivity (Wildman–Crippen MR) is 81.7 cm³/mol. The summed E-state index contributed by atoms with van der Waals surface area (Å²) in [5.74, 6) is 0.910. The number of aromatic nitrogens is 3. The average molecular weight is 295 g/mol. The van der Waals surface area contributed by atoms with E-state index in [1.165, 1.54) is 6.42 Å². The van der Waals surface area contributed by atoms with Crippen LogP contribution in [0.4, 0.5) is 11.9 Å². The Labute approximate surface area is 125 Å². The van der Waals surface area contributed by atoms with Crippen LogP contribution in [0.15, 0.2) is 0 Å². The predicted octanol–water partition coefficient (Wildman–Crippen LogP) is 1.81. The maximum atomic E-state index is 10.2. The minimum atomic E-state index is -0.359. The average Bonchev–Trinajstić information content (AvgIpc) is 2.70. The molecule has 0 amide bonds. The molecular formula is C14H25N5O2. The Kier molecular flexibility index (Phi) is 5.98. The molecule has 2 atom stereocenters. The van der Waals surface area contributed by atoms with Crippen LogP contribution < -0.4 is 15.4 Å². The Bertz CT molecular complexity index is 443. The molecule has 0 bridgehead atoms. The van der Waals surface area contributed by atoms with E-state index < -0.39 is 0 Å². The lowest BCUT2D eigenvalue weighted by molar-refractivity contribution is 0.144. The fourth-order valence-corrected chi connectivity index (χ4v) is 2.41. The van der Waals surface area contributed by atoms with Crippen LogP contribution in [0.25, 0.3) is 0 Å². The second kappa shape index (κ2) is 7.97. The van der Waals surface area contributed by atoms with E-state index in [-0.39, 0.29) is 12.1 Å². The molecule has 2 rings (SSSR count). The van der Waals surface area contributed by atoms with Gasteiger partial charge in [0, 0.05) is 7.05 Å². The van der Waals surface area contributed by atoms with Gasteiger partial charge in [0.25, 0.3) is 0 Å². The first-order valence-electron chi connectivity index (χ1n) is 7.74. The van der Waals surface area contributed by atoms with E-state index in [2.05, 4.69) is 25.6 Å². The van der Waals surface area contributed by atoms with Crippen LogP contribution in [0.5, 0.6) is 6.01 Å². The Balaban J connectivity index is 2.09. The number of rotatable bonds is 6. The molecule has 0 spiro atoms. The van der Waals surface area contributed by atoms with Crippen molar-refractivity contribution >= 4 is 11.9 Å². The maximum absolute atomic E-state index is 10.2. The number of anilines is 2. The third-order valence-corrected chi connectivity index (χ3v) is 3.57. The molecule has 1 aromatic rings.